The molecule has 66 valence electrons. The van der Waals surface area contributed by atoms with Crippen molar-refractivity contribution in [1.29, 1.82) is 0 Å². The highest BCUT2D eigenvalue weighted by Crippen LogP contribution is 2.22. The lowest BCUT2D eigenvalue weighted by Crippen LogP contribution is -2.31. The van der Waals surface area contributed by atoms with E-state index in [2.05, 4.69) is 22.6 Å². The summed E-state index contributed by atoms with van der Waals surface area (Å²) in [6.07, 6.45) is 8.22. The highest BCUT2D eigenvalue weighted by Gasteiger charge is 2.17. The third-order valence-electron chi connectivity index (χ3n) is 2.67. The van der Waals surface area contributed by atoms with Crippen molar-refractivity contribution in [1.82, 2.24) is 0 Å². The van der Waals surface area contributed by atoms with Crippen LogP contribution in [0.4, 0.5) is 0 Å². The zero-order valence-electron chi connectivity index (χ0n) is 7.06. The highest BCUT2D eigenvalue weighted by molar-refractivity contribution is 14.1. The van der Waals surface area contributed by atoms with Gasteiger partial charge in [-0.15, -0.1) is 0 Å². The molecule has 0 amide bonds. The van der Waals surface area contributed by atoms with Gasteiger partial charge in [0.1, 0.15) is 0 Å². The van der Waals surface area contributed by atoms with Crippen LogP contribution in [0.3, 0.4) is 0 Å². The van der Waals surface area contributed by atoms with Crippen LogP contribution in [-0.4, -0.2) is 10.5 Å². The third-order valence-corrected chi connectivity index (χ3v) is 3.80. The van der Waals surface area contributed by atoms with Gasteiger partial charge < -0.3 is 5.73 Å². The molecule has 2 N–H and O–H groups in total. The summed E-state index contributed by atoms with van der Waals surface area (Å²) in [4.78, 5) is 0. The summed E-state index contributed by atoms with van der Waals surface area (Å²) in [5.41, 5.74) is 6.05. The fourth-order valence-electron chi connectivity index (χ4n) is 1.78. The molecule has 2 atom stereocenters. The van der Waals surface area contributed by atoms with Crippen molar-refractivity contribution in [2.45, 2.75) is 44.6 Å². The summed E-state index contributed by atoms with van der Waals surface area (Å²) in [6, 6.07) is 0.493. The van der Waals surface area contributed by atoms with Crippen LogP contribution >= 0.6 is 22.6 Å². The van der Waals surface area contributed by atoms with Crippen LogP contribution in [0, 0.1) is 5.92 Å². The molecular formula is C9H18IN. The topological polar surface area (TPSA) is 26.0 Å². The van der Waals surface area contributed by atoms with E-state index in [0.29, 0.717) is 6.04 Å². The van der Waals surface area contributed by atoms with Gasteiger partial charge in [-0.3, -0.25) is 0 Å². The van der Waals surface area contributed by atoms with Gasteiger partial charge in [-0.25, -0.2) is 0 Å². The normalized spacial score (nSPS) is 34.4. The third kappa shape index (κ3) is 3.28. The molecule has 1 saturated carbocycles. The molecule has 0 aromatic carbocycles. The summed E-state index contributed by atoms with van der Waals surface area (Å²) in [5, 5.41) is 0. The van der Waals surface area contributed by atoms with Crippen LogP contribution in [-0.2, 0) is 0 Å². The largest absolute Gasteiger partial charge is 0.327 e. The fourth-order valence-corrected chi connectivity index (χ4v) is 2.88. The van der Waals surface area contributed by atoms with E-state index in [-0.39, 0.29) is 0 Å². The van der Waals surface area contributed by atoms with Crippen molar-refractivity contribution < 1.29 is 0 Å². The number of alkyl halides is 1. The minimum atomic E-state index is 0.493. The summed E-state index contributed by atoms with van der Waals surface area (Å²) in [7, 11) is 0. The molecule has 0 bridgehead atoms. The van der Waals surface area contributed by atoms with Crippen molar-refractivity contribution in [3.05, 3.63) is 0 Å². The number of rotatable bonds is 1. The molecule has 0 aromatic rings. The van der Waals surface area contributed by atoms with E-state index in [1.807, 2.05) is 0 Å². The van der Waals surface area contributed by atoms with Crippen LogP contribution in [0.25, 0.3) is 0 Å². The summed E-state index contributed by atoms with van der Waals surface area (Å²) < 4.78 is 1.25. The smallest absolute Gasteiger partial charge is 0.00744 e. The lowest BCUT2D eigenvalue weighted by molar-refractivity contribution is 0.361. The second-order valence-corrected chi connectivity index (χ2v) is 4.45. The fraction of sp³-hybridized carbons (Fsp3) is 1.00. The average Bonchev–Trinajstić information content (AvgIpc) is 1.98. The second-order valence-electron chi connectivity index (χ2n) is 3.57. The van der Waals surface area contributed by atoms with E-state index in [9.17, 15) is 0 Å². The molecule has 0 spiro atoms. The van der Waals surface area contributed by atoms with E-state index in [4.69, 9.17) is 5.73 Å². The van der Waals surface area contributed by atoms with E-state index < -0.39 is 0 Å². The first-order chi connectivity index (χ1) is 5.34. The van der Waals surface area contributed by atoms with Crippen LogP contribution in [0.2, 0.25) is 0 Å². The van der Waals surface area contributed by atoms with E-state index in [1.165, 1.54) is 43.0 Å². The SMILES string of the molecule is NC1CCCCCCC1CI. The lowest BCUT2D eigenvalue weighted by Gasteiger charge is -2.24. The molecule has 1 aliphatic rings. The minimum absolute atomic E-state index is 0.493. The van der Waals surface area contributed by atoms with Gasteiger partial charge in [0.15, 0.2) is 0 Å². The molecule has 0 heterocycles. The first-order valence-corrected chi connectivity index (χ1v) is 6.18. The number of halogens is 1. The van der Waals surface area contributed by atoms with Crippen LogP contribution < -0.4 is 5.73 Å². The molecule has 1 nitrogen and oxygen atoms in total. The monoisotopic (exact) mass is 267 g/mol. The average molecular weight is 267 g/mol. The van der Waals surface area contributed by atoms with Crippen molar-refractivity contribution >= 4 is 22.6 Å². The molecule has 0 aromatic heterocycles. The highest BCUT2D eigenvalue weighted by atomic mass is 127. The zero-order valence-corrected chi connectivity index (χ0v) is 9.22. The first-order valence-electron chi connectivity index (χ1n) is 4.66. The van der Waals surface area contributed by atoms with Crippen molar-refractivity contribution in [2.24, 2.45) is 11.7 Å². The Morgan fingerprint density at radius 3 is 2.36 bits per heavy atom. The van der Waals surface area contributed by atoms with E-state index >= 15 is 0 Å². The van der Waals surface area contributed by atoms with Crippen LogP contribution in [0.15, 0.2) is 0 Å². The molecule has 0 saturated heterocycles. The Morgan fingerprint density at radius 1 is 1.09 bits per heavy atom. The zero-order chi connectivity index (χ0) is 8.10. The molecule has 0 radical (unpaired) electrons. The van der Waals surface area contributed by atoms with Crippen LogP contribution in [0.1, 0.15) is 38.5 Å². The van der Waals surface area contributed by atoms with Gasteiger partial charge in [-0.2, -0.15) is 0 Å². The number of hydrogen-bond acceptors (Lipinski definition) is 1. The Bertz CT molecular complexity index is 106. The van der Waals surface area contributed by atoms with E-state index in [0.717, 1.165) is 5.92 Å². The van der Waals surface area contributed by atoms with Gasteiger partial charge in [0, 0.05) is 10.5 Å². The predicted molar refractivity (Wildman–Crippen MR) is 58.1 cm³/mol. The quantitative estimate of drug-likeness (QED) is 0.573. The van der Waals surface area contributed by atoms with Crippen molar-refractivity contribution in [2.75, 3.05) is 4.43 Å². The molecular weight excluding hydrogens is 249 g/mol. The molecule has 2 unspecified atom stereocenters. The Labute approximate surface area is 83.3 Å². The maximum absolute atomic E-state index is 6.05. The molecule has 0 aliphatic heterocycles. The van der Waals surface area contributed by atoms with E-state index in [1.54, 1.807) is 0 Å². The van der Waals surface area contributed by atoms with Gasteiger partial charge in [-0.1, -0.05) is 48.3 Å². The Morgan fingerprint density at radius 2 is 1.73 bits per heavy atom. The predicted octanol–water partition coefficient (Wildman–Crippen LogP) is 2.72. The maximum Gasteiger partial charge on any atom is 0.00744 e. The first kappa shape index (κ1) is 9.78. The Balaban J connectivity index is 2.33. The molecule has 1 fully saturated rings. The summed E-state index contributed by atoms with van der Waals surface area (Å²) >= 11 is 2.47. The molecule has 1 rings (SSSR count). The maximum atomic E-state index is 6.05. The lowest BCUT2D eigenvalue weighted by atomic mass is 9.89. The van der Waals surface area contributed by atoms with Crippen molar-refractivity contribution in [3.8, 4) is 0 Å². The number of nitrogens with two attached hydrogens (primary N) is 1. The Kier molecular flexibility index (Phi) is 4.76. The van der Waals surface area contributed by atoms with Gasteiger partial charge in [0.2, 0.25) is 0 Å². The van der Waals surface area contributed by atoms with Gasteiger partial charge in [0.25, 0.3) is 0 Å². The van der Waals surface area contributed by atoms with Gasteiger partial charge >= 0.3 is 0 Å². The standard InChI is InChI=1S/C9H18IN/c10-7-8-5-3-1-2-4-6-9(8)11/h8-9H,1-7,11H2. The molecule has 2 heteroatoms. The summed E-state index contributed by atoms with van der Waals surface area (Å²) in [6.45, 7) is 0. The molecule has 1 aliphatic carbocycles. The summed E-state index contributed by atoms with van der Waals surface area (Å²) in [5.74, 6) is 0.802. The molecule has 11 heavy (non-hydrogen) atoms. The van der Waals surface area contributed by atoms with Crippen molar-refractivity contribution in [3.63, 3.8) is 0 Å². The van der Waals surface area contributed by atoms with Gasteiger partial charge in [0.05, 0.1) is 0 Å². The Hall–Kier alpha value is 0.690. The van der Waals surface area contributed by atoms with Crippen LogP contribution in [0.5, 0.6) is 0 Å². The minimum Gasteiger partial charge on any atom is -0.327 e. The van der Waals surface area contributed by atoms with Gasteiger partial charge in [-0.05, 0) is 18.8 Å². The second kappa shape index (κ2) is 5.36. The number of hydrogen-bond donors (Lipinski definition) is 1.